The van der Waals surface area contributed by atoms with Crippen LogP contribution in [0.3, 0.4) is 0 Å². The maximum absolute atomic E-state index is 4.01. The lowest BCUT2D eigenvalue weighted by Gasteiger charge is -2.24. The molecule has 8 rings (SSSR count). The molecule has 0 radical (unpaired) electrons. The van der Waals surface area contributed by atoms with E-state index in [4.69, 9.17) is 0 Å². The first-order valence-corrected chi connectivity index (χ1v) is 17.2. The molecule has 0 N–H and O–H groups in total. The Kier molecular flexibility index (Phi) is 8.17. The van der Waals surface area contributed by atoms with E-state index in [0.717, 1.165) is 30.9 Å². The highest BCUT2D eigenvalue weighted by atomic mass is 15.1. The predicted molar refractivity (Wildman–Crippen MR) is 211 cm³/mol. The molecule has 8 aromatic rings. The van der Waals surface area contributed by atoms with Gasteiger partial charge < -0.3 is 14.0 Å². The van der Waals surface area contributed by atoms with Crippen molar-refractivity contribution in [1.82, 2.24) is 9.13 Å². The van der Waals surface area contributed by atoms with Gasteiger partial charge in [0.25, 0.3) is 0 Å². The number of hydrogen-bond acceptors (Lipinski definition) is 1. The van der Waals surface area contributed by atoms with Gasteiger partial charge in [0.15, 0.2) is 0 Å². The summed E-state index contributed by atoms with van der Waals surface area (Å²) in [6.45, 7) is 7.74. The highest BCUT2D eigenvalue weighted by Crippen LogP contribution is 2.38. The van der Waals surface area contributed by atoms with E-state index in [9.17, 15) is 0 Å². The molecule has 6 aromatic carbocycles. The first-order chi connectivity index (χ1) is 24.2. The van der Waals surface area contributed by atoms with Crippen LogP contribution in [0.15, 0.2) is 176 Å². The highest BCUT2D eigenvalue weighted by molar-refractivity contribution is 6.12. The van der Waals surface area contributed by atoms with E-state index in [0.29, 0.717) is 0 Å². The van der Waals surface area contributed by atoms with Gasteiger partial charge in [0.05, 0.1) is 11.0 Å². The van der Waals surface area contributed by atoms with Crippen molar-refractivity contribution in [3.63, 3.8) is 0 Å². The zero-order chi connectivity index (χ0) is 33.2. The molecule has 3 nitrogen and oxygen atoms in total. The summed E-state index contributed by atoms with van der Waals surface area (Å²) in [5, 5.41) is 5.05. The van der Waals surface area contributed by atoms with Crippen molar-refractivity contribution in [2.45, 2.75) is 19.9 Å². The van der Waals surface area contributed by atoms with Crippen molar-refractivity contribution >= 4 is 55.0 Å². The second-order valence-corrected chi connectivity index (χ2v) is 12.5. The summed E-state index contributed by atoms with van der Waals surface area (Å²) in [4.78, 5) is 2.35. The van der Waals surface area contributed by atoms with Crippen LogP contribution in [0.5, 0.6) is 0 Å². The molecule has 0 aliphatic heterocycles. The molecule has 0 spiro atoms. The predicted octanol–water partition coefficient (Wildman–Crippen LogP) is 12.4. The Morgan fingerprint density at radius 1 is 0.551 bits per heavy atom. The Morgan fingerprint density at radius 3 is 1.82 bits per heavy atom. The summed E-state index contributed by atoms with van der Waals surface area (Å²) < 4.78 is 4.75. The third-order valence-corrected chi connectivity index (χ3v) is 9.48. The zero-order valence-corrected chi connectivity index (χ0v) is 27.8. The largest absolute Gasteiger partial charge is 0.338 e. The molecule has 0 aliphatic carbocycles. The van der Waals surface area contributed by atoms with E-state index >= 15 is 0 Å². The Hall–Kier alpha value is -6.06. The molecule has 238 valence electrons. The van der Waals surface area contributed by atoms with Gasteiger partial charge in [-0.3, -0.25) is 0 Å². The van der Waals surface area contributed by atoms with Gasteiger partial charge in [-0.05, 0) is 90.3 Å². The molecule has 0 saturated heterocycles. The van der Waals surface area contributed by atoms with Crippen molar-refractivity contribution in [3.05, 3.63) is 176 Å². The maximum atomic E-state index is 4.01. The number of benzene rings is 6. The molecule has 0 saturated carbocycles. The molecule has 2 heterocycles. The fraction of sp³-hybridized carbons (Fsp3) is 0.0870. The number of para-hydroxylation sites is 3. The second-order valence-electron chi connectivity index (χ2n) is 12.5. The molecule has 3 heteroatoms. The lowest BCUT2D eigenvalue weighted by Crippen LogP contribution is -2.16. The quantitative estimate of drug-likeness (QED) is 0.108. The number of nitrogens with zero attached hydrogens (tertiary/aromatic N) is 3. The maximum Gasteiger partial charge on any atom is 0.0541 e. The lowest BCUT2D eigenvalue weighted by molar-refractivity contribution is 0.901. The van der Waals surface area contributed by atoms with Crippen LogP contribution in [0.1, 0.15) is 13.3 Å². The summed E-state index contributed by atoms with van der Waals surface area (Å²) in [5.74, 6) is 0. The van der Waals surface area contributed by atoms with Gasteiger partial charge >= 0.3 is 0 Å². The summed E-state index contributed by atoms with van der Waals surface area (Å²) in [6, 6.07) is 50.8. The lowest BCUT2D eigenvalue weighted by atomic mass is 10.0. The van der Waals surface area contributed by atoms with Gasteiger partial charge in [-0.15, -0.1) is 6.58 Å². The Balaban J connectivity index is 1.20. The summed E-state index contributed by atoms with van der Waals surface area (Å²) in [6.07, 6.45) is 11.7. The van der Waals surface area contributed by atoms with Crippen LogP contribution in [-0.2, 0) is 6.54 Å². The number of rotatable bonds is 10. The van der Waals surface area contributed by atoms with Crippen molar-refractivity contribution in [3.8, 4) is 16.8 Å². The van der Waals surface area contributed by atoms with Gasteiger partial charge in [0.2, 0.25) is 0 Å². The second kappa shape index (κ2) is 13.2. The first kappa shape index (κ1) is 30.3. The number of allylic oxidation sites excluding steroid dienone is 4. The third-order valence-electron chi connectivity index (χ3n) is 9.48. The van der Waals surface area contributed by atoms with Gasteiger partial charge in [-0.25, -0.2) is 0 Å². The monoisotopic (exact) mass is 633 g/mol. The van der Waals surface area contributed by atoms with Crippen LogP contribution in [-0.4, -0.2) is 15.7 Å². The summed E-state index contributed by atoms with van der Waals surface area (Å²) >= 11 is 0. The average Bonchev–Trinajstić information content (AvgIpc) is 3.66. The van der Waals surface area contributed by atoms with Crippen LogP contribution in [0.25, 0.3) is 60.4 Å². The van der Waals surface area contributed by atoms with Crippen LogP contribution < -0.4 is 4.90 Å². The Morgan fingerprint density at radius 2 is 1.10 bits per heavy atom. The van der Waals surface area contributed by atoms with Crippen LogP contribution in [0.4, 0.5) is 11.4 Å². The molecule has 0 atom stereocenters. The van der Waals surface area contributed by atoms with Crippen LogP contribution in [0, 0.1) is 0 Å². The van der Waals surface area contributed by atoms with E-state index in [1.165, 1.54) is 60.4 Å². The van der Waals surface area contributed by atoms with Crippen molar-refractivity contribution in [2.24, 2.45) is 0 Å². The average molecular weight is 634 g/mol. The molecular formula is C46H39N3. The summed E-state index contributed by atoms with van der Waals surface area (Å²) in [7, 11) is 0. The Labute approximate surface area is 288 Å². The molecule has 0 aliphatic rings. The van der Waals surface area contributed by atoms with E-state index in [-0.39, 0.29) is 0 Å². The minimum atomic E-state index is 0.785. The fourth-order valence-electron chi connectivity index (χ4n) is 7.20. The number of fused-ring (bicyclic) bond motifs is 6. The minimum Gasteiger partial charge on any atom is -0.338 e. The van der Waals surface area contributed by atoms with Gasteiger partial charge in [-0.2, -0.15) is 0 Å². The Bertz CT molecular complexity index is 2490. The standard InChI is InChI=1S/C46H39N3/c1-3-5-6-7-15-31-47(36-16-9-8-10-17-36)37-24-26-38(27-25-37)49-45-21-14-12-19-40(45)42-33-35(23-29-46(42)49)34-22-28-44-41(32-34)39-18-11-13-20-43(39)48(44)30-4-2/h4-29,32-33H,2-3,30-31H2,1H3/b6-5-,15-7-. The van der Waals surface area contributed by atoms with E-state index in [1.54, 1.807) is 0 Å². The SMILES string of the molecule is C=CCn1c2ccccc2c2cc(-c3ccc4c(c3)c3ccccc3n4-c3ccc(N(C/C=C\C=C/CC)c4ccccc4)cc3)ccc21. The smallest absolute Gasteiger partial charge is 0.0541 e. The van der Waals surface area contributed by atoms with E-state index < -0.39 is 0 Å². The van der Waals surface area contributed by atoms with Crippen LogP contribution >= 0.6 is 0 Å². The van der Waals surface area contributed by atoms with Crippen molar-refractivity contribution in [2.75, 3.05) is 11.4 Å². The fourth-order valence-corrected chi connectivity index (χ4v) is 7.20. The molecule has 2 aromatic heterocycles. The zero-order valence-electron chi connectivity index (χ0n) is 27.8. The van der Waals surface area contributed by atoms with Crippen molar-refractivity contribution < 1.29 is 0 Å². The molecule has 0 bridgehead atoms. The molecular weight excluding hydrogens is 595 g/mol. The van der Waals surface area contributed by atoms with E-state index in [1.807, 2.05) is 6.08 Å². The normalized spacial score (nSPS) is 11.9. The number of anilines is 2. The third kappa shape index (κ3) is 5.54. The number of aromatic nitrogens is 2. The number of hydrogen-bond donors (Lipinski definition) is 0. The first-order valence-electron chi connectivity index (χ1n) is 17.2. The highest BCUT2D eigenvalue weighted by Gasteiger charge is 2.16. The summed E-state index contributed by atoms with van der Waals surface area (Å²) in [5.41, 5.74) is 10.8. The molecule has 0 unspecified atom stereocenters. The van der Waals surface area contributed by atoms with Gasteiger partial charge in [-0.1, -0.05) is 104 Å². The molecule has 49 heavy (non-hydrogen) atoms. The van der Waals surface area contributed by atoms with Crippen molar-refractivity contribution in [1.29, 1.82) is 0 Å². The topological polar surface area (TPSA) is 13.1 Å². The molecule has 0 amide bonds. The van der Waals surface area contributed by atoms with Crippen LogP contribution in [0.2, 0.25) is 0 Å². The van der Waals surface area contributed by atoms with Gasteiger partial charge in [0.1, 0.15) is 0 Å². The van der Waals surface area contributed by atoms with Gasteiger partial charge in [0, 0.05) is 62.7 Å². The molecule has 0 fully saturated rings. The minimum absolute atomic E-state index is 0.785. The van der Waals surface area contributed by atoms with E-state index in [2.05, 4.69) is 191 Å².